The van der Waals surface area contributed by atoms with E-state index in [0.29, 0.717) is 16.6 Å². The van der Waals surface area contributed by atoms with Gasteiger partial charge in [-0.05, 0) is 47.3 Å². The van der Waals surface area contributed by atoms with E-state index >= 15 is 0 Å². The number of hydrogen-bond acceptors (Lipinski definition) is 3. The van der Waals surface area contributed by atoms with Gasteiger partial charge in [-0.2, -0.15) is 4.31 Å². The predicted octanol–water partition coefficient (Wildman–Crippen LogP) is 4.24. The molecule has 0 aliphatic heterocycles. The molecule has 19 heavy (non-hydrogen) atoms. The van der Waals surface area contributed by atoms with Crippen molar-refractivity contribution in [2.24, 2.45) is 0 Å². The number of rotatable bonds is 7. The average molecular weight is 389 g/mol. The van der Waals surface area contributed by atoms with Gasteiger partial charge in [0.15, 0.2) is 0 Å². The topological polar surface area (TPSA) is 37.4 Å². The highest BCUT2D eigenvalue weighted by Gasteiger charge is 2.30. The van der Waals surface area contributed by atoms with Crippen molar-refractivity contribution >= 4 is 48.9 Å². The Morgan fingerprint density at radius 1 is 1.42 bits per heavy atom. The first kappa shape index (κ1) is 17.4. The van der Waals surface area contributed by atoms with Crippen molar-refractivity contribution in [2.75, 3.05) is 12.4 Å². The molecule has 1 rings (SSSR count). The van der Waals surface area contributed by atoms with E-state index in [4.69, 9.17) is 11.6 Å². The summed E-state index contributed by atoms with van der Waals surface area (Å²) in [5, 5.41) is 0. The molecular weight excluding hydrogens is 370 g/mol. The minimum Gasteiger partial charge on any atom is -0.206 e. The number of aryl methyl sites for hydroxylation is 1. The van der Waals surface area contributed by atoms with Gasteiger partial charge in [-0.25, -0.2) is 8.42 Å². The third kappa shape index (κ3) is 3.94. The van der Waals surface area contributed by atoms with Gasteiger partial charge in [-0.1, -0.05) is 13.8 Å². The van der Waals surface area contributed by atoms with E-state index in [0.717, 1.165) is 22.2 Å². The zero-order chi connectivity index (χ0) is 14.6. The molecule has 0 spiro atoms. The van der Waals surface area contributed by atoms with Gasteiger partial charge in [0, 0.05) is 18.5 Å². The van der Waals surface area contributed by atoms with E-state index in [1.807, 2.05) is 20.8 Å². The maximum absolute atomic E-state index is 12.7. The number of hydrogen-bond donors (Lipinski definition) is 0. The molecule has 0 atom stereocenters. The van der Waals surface area contributed by atoms with Crippen LogP contribution >= 0.6 is 38.9 Å². The second-order valence-electron chi connectivity index (χ2n) is 4.30. The maximum atomic E-state index is 12.7. The van der Waals surface area contributed by atoms with Gasteiger partial charge in [0.05, 0.1) is 3.79 Å². The molecule has 0 fully saturated rings. The van der Waals surface area contributed by atoms with E-state index in [1.165, 1.54) is 15.6 Å². The van der Waals surface area contributed by atoms with Crippen LogP contribution in [-0.2, 0) is 10.0 Å². The Balaban J connectivity index is 3.19. The molecule has 1 heterocycles. The minimum atomic E-state index is -3.45. The van der Waals surface area contributed by atoms with E-state index in [-0.39, 0.29) is 6.04 Å². The zero-order valence-electron chi connectivity index (χ0n) is 11.3. The van der Waals surface area contributed by atoms with Crippen molar-refractivity contribution < 1.29 is 8.42 Å². The highest BCUT2D eigenvalue weighted by Crippen LogP contribution is 2.33. The summed E-state index contributed by atoms with van der Waals surface area (Å²) >= 11 is 10.4. The highest BCUT2D eigenvalue weighted by molar-refractivity contribution is 9.11. The second-order valence-corrected chi connectivity index (χ2v) is 9.16. The number of alkyl halides is 1. The summed E-state index contributed by atoms with van der Waals surface area (Å²) in [4.78, 5) is 0. The molecule has 3 nitrogen and oxygen atoms in total. The molecule has 1 aromatic rings. The summed E-state index contributed by atoms with van der Waals surface area (Å²) in [6.07, 6.45) is 1.58. The normalized spacial score (nSPS) is 12.6. The average Bonchev–Trinajstić information content (AvgIpc) is 2.70. The zero-order valence-corrected chi connectivity index (χ0v) is 15.3. The highest BCUT2D eigenvalue weighted by atomic mass is 79.9. The summed E-state index contributed by atoms with van der Waals surface area (Å²) < 4.78 is 28.2. The molecule has 0 radical (unpaired) electrons. The smallest absolute Gasteiger partial charge is 0.206 e. The van der Waals surface area contributed by atoms with Gasteiger partial charge in [-0.3, -0.25) is 0 Å². The minimum absolute atomic E-state index is 0.00457. The van der Waals surface area contributed by atoms with Crippen LogP contribution in [0.5, 0.6) is 0 Å². The maximum Gasteiger partial charge on any atom is 0.252 e. The Bertz CT molecular complexity index is 492. The lowest BCUT2D eigenvalue weighted by molar-refractivity contribution is 0.317. The van der Waals surface area contributed by atoms with Gasteiger partial charge >= 0.3 is 0 Å². The van der Waals surface area contributed by atoms with Crippen molar-refractivity contribution in [1.82, 2.24) is 4.31 Å². The first-order valence-corrected chi connectivity index (χ1v) is 9.80. The van der Waals surface area contributed by atoms with E-state index < -0.39 is 10.0 Å². The van der Waals surface area contributed by atoms with Crippen molar-refractivity contribution in [1.29, 1.82) is 0 Å². The molecule has 7 heteroatoms. The Morgan fingerprint density at radius 2 is 2.00 bits per heavy atom. The quantitative estimate of drug-likeness (QED) is 0.655. The first-order chi connectivity index (χ1) is 8.88. The third-order valence-electron chi connectivity index (χ3n) is 3.05. The van der Waals surface area contributed by atoms with Crippen LogP contribution in [0.25, 0.3) is 0 Å². The van der Waals surface area contributed by atoms with Crippen LogP contribution in [0, 0.1) is 6.92 Å². The lowest BCUT2D eigenvalue weighted by Crippen LogP contribution is -2.40. The molecule has 0 aromatic carbocycles. The molecule has 0 N–H and O–H groups in total. The van der Waals surface area contributed by atoms with Crippen LogP contribution < -0.4 is 0 Å². The Kier molecular flexibility index (Phi) is 6.79. The number of nitrogens with zero attached hydrogens (tertiary/aromatic N) is 1. The lowest BCUT2D eigenvalue weighted by atomic mass is 10.2. The lowest BCUT2D eigenvalue weighted by Gasteiger charge is -2.28. The summed E-state index contributed by atoms with van der Waals surface area (Å²) in [7, 11) is -3.45. The molecule has 0 unspecified atom stereocenters. The van der Waals surface area contributed by atoms with Crippen LogP contribution in [0.3, 0.4) is 0 Å². The standard InChI is InChI=1S/C12H19BrClNO2S2/c1-4-10(5-2)15(7-6-14)19(16,17)11-8-9(3)12(13)18-11/h8,10H,4-7H2,1-3H3. The van der Waals surface area contributed by atoms with E-state index in [9.17, 15) is 8.42 Å². The summed E-state index contributed by atoms with van der Waals surface area (Å²) in [6, 6.07) is 1.72. The van der Waals surface area contributed by atoms with Crippen molar-refractivity contribution in [2.45, 2.75) is 43.9 Å². The van der Waals surface area contributed by atoms with Gasteiger partial charge in [0.25, 0.3) is 10.0 Å². The molecule has 0 saturated heterocycles. The van der Waals surface area contributed by atoms with Crippen LogP contribution in [0.1, 0.15) is 32.3 Å². The molecule has 0 saturated carbocycles. The number of sulfonamides is 1. The van der Waals surface area contributed by atoms with Crippen molar-refractivity contribution in [3.05, 3.63) is 15.4 Å². The summed E-state index contributed by atoms with van der Waals surface area (Å²) in [5.74, 6) is 0.307. The molecule has 0 bridgehead atoms. The van der Waals surface area contributed by atoms with Crippen molar-refractivity contribution in [3.8, 4) is 0 Å². The van der Waals surface area contributed by atoms with Gasteiger partial charge < -0.3 is 0 Å². The van der Waals surface area contributed by atoms with Crippen LogP contribution in [-0.4, -0.2) is 31.2 Å². The molecular formula is C12H19BrClNO2S2. The second kappa shape index (κ2) is 7.41. The fraction of sp³-hybridized carbons (Fsp3) is 0.667. The summed E-state index contributed by atoms with van der Waals surface area (Å²) in [5.41, 5.74) is 0.943. The first-order valence-electron chi connectivity index (χ1n) is 6.22. The van der Waals surface area contributed by atoms with E-state index in [2.05, 4.69) is 15.9 Å². The third-order valence-corrected chi connectivity index (χ3v) is 7.76. The van der Waals surface area contributed by atoms with Gasteiger partial charge in [0.2, 0.25) is 0 Å². The Hall–Kier alpha value is 0.380. The van der Waals surface area contributed by atoms with Gasteiger partial charge in [0.1, 0.15) is 4.21 Å². The fourth-order valence-corrected chi connectivity index (χ4v) is 6.36. The predicted molar refractivity (Wildman–Crippen MR) is 85.7 cm³/mol. The molecule has 110 valence electrons. The van der Waals surface area contributed by atoms with Crippen LogP contribution in [0.4, 0.5) is 0 Å². The van der Waals surface area contributed by atoms with E-state index in [1.54, 1.807) is 6.07 Å². The monoisotopic (exact) mass is 387 g/mol. The number of halogens is 2. The van der Waals surface area contributed by atoms with Crippen LogP contribution in [0.15, 0.2) is 14.1 Å². The van der Waals surface area contributed by atoms with Crippen molar-refractivity contribution in [3.63, 3.8) is 0 Å². The molecule has 0 amide bonds. The molecule has 1 aromatic heterocycles. The Labute approximate surface area is 133 Å². The summed E-state index contributed by atoms with van der Waals surface area (Å²) in [6.45, 7) is 6.24. The number of thiophene rings is 1. The molecule has 0 aliphatic carbocycles. The van der Waals surface area contributed by atoms with Crippen LogP contribution in [0.2, 0.25) is 0 Å². The SMILES string of the molecule is CCC(CC)N(CCCl)S(=O)(=O)c1cc(C)c(Br)s1. The Morgan fingerprint density at radius 3 is 2.37 bits per heavy atom. The fourth-order valence-electron chi connectivity index (χ4n) is 1.95. The van der Waals surface area contributed by atoms with Gasteiger partial charge in [-0.15, -0.1) is 22.9 Å². The largest absolute Gasteiger partial charge is 0.252 e. The molecule has 0 aliphatic rings.